The second kappa shape index (κ2) is 9.48. The van der Waals surface area contributed by atoms with Crippen LogP contribution in [-0.2, 0) is 16.6 Å². The van der Waals surface area contributed by atoms with Gasteiger partial charge in [-0.05, 0) is 55.0 Å². The molecule has 0 aliphatic heterocycles. The van der Waals surface area contributed by atoms with Crippen molar-refractivity contribution in [3.63, 3.8) is 0 Å². The fraction of sp³-hybridized carbons (Fsp3) is 0.0833. The van der Waals surface area contributed by atoms with Crippen LogP contribution in [0.3, 0.4) is 0 Å². The van der Waals surface area contributed by atoms with E-state index in [9.17, 15) is 13.2 Å². The predicted octanol–water partition coefficient (Wildman–Crippen LogP) is 4.56. The second-order valence-corrected chi connectivity index (χ2v) is 9.40. The molecular weight excluding hydrogens is 460 g/mol. The largest absolute Gasteiger partial charge is 0.348 e. The Hall–Kier alpha value is -3.62. The molecule has 0 saturated carbocycles. The number of halogens is 1. The third kappa shape index (κ3) is 5.24. The molecule has 0 fully saturated rings. The van der Waals surface area contributed by atoms with Gasteiger partial charge in [0.25, 0.3) is 15.9 Å². The lowest BCUT2D eigenvalue weighted by Gasteiger charge is -2.12. The minimum absolute atomic E-state index is 0.125. The maximum Gasteiger partial charge on any atom is 0.261 e. The number of nitrogens with zero attached hydrogens (tertiary/aromatic N) is 2. The maximum atomic E-state index is 12.7. The zero-order valence-electron chi connectivity index (χ0n) is 17.7. The summed E-state index contributed by atoms with van der Waals surface area (Å²) in [6.45, 7) is 2.21. The van der Waals surface area contributed by atoms with Gasteiger partial charge in [0, 0.05) is 30.3 Å². The van der Waals surface area contributed by atoms with E-state index in [2.05, 4.69) is 15.0 Å². The minimum atomic E-state index is -3.78. The van der Waals surface area contributed by atoms with Gasteiger partial charge in [0.1, 0.15) is 5.82 Å². The van der Waals surface area contributed by atoms with Crippen LogP contribution >= 0.6 is 11.6 Å². The topological polar surface area (TPSA) is 93.1 Å². The molecule has 4 aromatic rings. The van der Waals surface area contributed by atoms with E-state index in [0.29, 0.717) is 6.54 Å². The summed E-state index contributed by atoms with van der Waals surface area (Å²) in [6.07, 6.45) is 3.62. The van der Waals surface area contributed by atoms with Crippen molar-refractivity contribution >= 4 is 33.2 Å². The highest BCUT2D eigenvalue weighted by Crippen LogP contribution is 2.23. The zero-order chi connectivity index (χ0) is 23.4. The van der Waals surface area contributed by atoms with Crippen molar-refractivity contribution in [2.45, 2.75) is 18.4 Å². The Labute approximate surface area is 197 Å². The molecule has 168 valence electrons. The molecule has 0 radical (unpaired) electrons. The van der Waals surface area contributed by atoms with Crippen molar-refractivity contribution in [1.29, 1.82) is 0 Å². The van der Waals surface area contributed by atoms with Crippen molar-refractivity contribution in [3.8, 4) is 5.69 Å². The number of nitrogens with one attached hydrogen (secondary N) is 2. The number of sulfonamides is 1. The zero-order valence-corrected chi connectivity index (χ0v) is 19.3. The Kier molecular flexibility index (Phi) is 6.48. The van der Waals surface area contributed by atoms with Gasteiger partial charge in [-0.3, -0.25) is 9.52 Å². The van der Waals surface area contributed by atoms with Gasteiger partial charge in [0.15, 0.2) is 0 Å². The van der Waals surface area contributed by atoms with Crippen molar-refractivity contribution in [1.82, 2.24) is 14.9 Å². The summed E-state index contributed by atoms with van der Waals surface area (Å²) in [5, 5.41) is 3.05. The SMILES string of the molecule is Cc1nccn1-c1ccc(CNC(=O)c2cc(NS(=O)(=O)c3ccccc3)ccc2Cl)cc1. The molecule has 1 aromatic heterocycles. The molecule has 0 aliphatic rings. The fourth-order valence-corrected chi connectivity index (χ4v) is 4.55. The summed E-state index contributed by atoms with van der Waals surface area (Å²) in [4.78, 5) is 17.1. The Balaban J connectivity index is 1.45. The van der Waals surface area contributed by atoms with E-state index >= 15 is 0 Å². The smallest absolute Gasteiger partial charge is 0.261 e. The van der Waals surface area contributed by atoms with E-state index in [1.54, 1.807) is 24.4 Å². The summed E-state index contributed by atoms with van der Waals surface area (Å²) in [5.74, 6) is 0.476. The van der Waals surface area contributed by atoms with Gasteiger partial charge in [0.2, 0.25) is 0 Å². The quantitative estimate of drug-likeness (QED) is 0.405. The Morgan fingerprint density at radius 1 is 1.03 bits per heavy atom. The number of hydrogen-bond donors (Lipinski definition) is 2. The van der Waals surface area contributed by atoms with E-state index in [-0.39, 0.29) is 21.2 Å². The number of carbonyl (C=O) groups excluding carboxylic acids is 1. The first kappa shape index (κ1) is 22.6. The van der Waals surface area contributed by atoms with E-state index in [4.69, 9.17) is 11.6 Å². The highest BCUT2D eigenvalue weighted by Gasteiger charge is 2.16. The Morgan fingerprint density at radius 2 is 1.76 bits per heavy atom. The van der Waals surface area contributed by atoms with Crippen molar-refractivity contribution in [3.05, 3.63) is 107 Å². The Bertz CT molecular complexity index is 1380. The minimum Gasteiger partial charge on any atom is -0.348 e. The molecule has 1 heterocycles. The number of rotatable bonds is 7. The number of anilines is 1. The van der Waals surface area contributed by atoms with Gasteiger partial charge < -0.3 is 9.88 Å². The van der Waals surface area contributed by atoms with Crippen LogP contribution in [0.25, 0.3) is 5.69 Å². The number of amides is 1. The van der Waals surface area contributed by atoms with E-state index in [1.807, 2.05) is 42.0 Å². The first-order chi connectivity index (χ1) is 15.8. The summed E-state index contributed by atoms with van der Waals surface area (Å²) in [6, 6.07) is 20.1. The molecule has 0 bridgehead atoms. The number of aryl methyl sites for hydroxylation is 1. The lowest BCUT2D eigenvalue weighted by Crippen LogP contribution is -2.23. The molecule has 7 nitrogen and oxygen atoms in total. The van der Waals surface area contributed by atoms with Crippen LogP contribution in [-0.4, -0.2) is 23.9 Å². The highest BCUT2D eigenvalue weighted by molar-refractivity contribution is 7.92. The number of aromatic nitrogens is 2. The highest BCUT2D eigenvalue weighted by atomic mass is 35.5. The molecule has 4 rings (SSSR count). The van der Waals surface area contributed by atoms with Crippen LogP contribution in [0.5, 0.6) is 0 Å². The fourth-order valence-electron chi connectivity index (χ4n) is 3.28. The van der Waals surface area contributed by atoms with Gasteiger partial charge in [0.05, 0.1) is 15.5 Å². The first-order valence-electron chi connectivity index (χ1n) is 10.1. The van der Waals surface area contributed by atoms with E-state index in [1.165, 1.54) is 30.3 Å². The van der Waals surface area contributed by atoms with Crippen LogP contribution in [0.2, 0.25) is 5.02 Å². The van der Waals surface area contributed by atoms with Crippen molar-refractivity contribution in [2.75, 3.05) is 4.72 Å². The Morgan fingerprint density at radius 3 is 2.42 bits per heavy atom. The van der Waals surface area contributed by atoms with Crippen molar-refractivity contribution in [2.24, 2.45) is 0 Å². The lowest BCUT2D eigenvalue weighted by molar-refractivity contribution is 0.0951. The van der Waals surface area contributed by atoms with Crippen LogP contribution in [0.1, 0.15) is 21.7 Å². The first-order valence-corrected chi connectivity index (χ1v) is 11.9. The molecule has 9 heteroatoms. The van der Waals surface area contributed by atoms with Gasteiger partial charge >= 0.3 is 0 Å². The molecular formula is C24H21ClN4O3S. The molecule has 0 unspecified atom stereocenters. The van der Waals surface area contributed by atoms with Gasteiger partial charge in [-0.15, -0.1) is 0 Å². The third-order valence-corrected chi connectivity index (χ3v) is 6.74. The van der Waals surface area contributed by atoms with Gasteiger partial charge in [-0.25, -0.2) is 13.4 Å². The number of imidazole rings is 1. The van der Waals surface area contributed by atoms with E-state index in [0.717, 1.165) is 17.1 Å². The van der Waals surface area contributed by atoms with Crippen LogP contribution in [0, 0.1) is 6.92 Å². The van der Waals surface area contributed by atoms with Gasteiger partial charge in [-0.2, -0.15) is 0 Å². The third-order valence-electron chi connectivity index (χ3n) is 5.01. The number of hydrogen-bond acceptors (Lipinski definition) is 4. The summed E-state index contributed by atoms with van der Waals surface area (Å²) >= 11 is 6.21. The van der Waals surface area contributed by atoms with E-state index < -0.39 is 15.9 Å². The molecule has 2 N–H and O–H groups in total. The number of benzene rings is 3. The summed E-state index contributed by atoms with van der Waals surface area (Å²) in [7, 11) is -3.78. The molecule has 1 amide bonds. The van der Waals surface area contributed by atoms with Crippen LogP contribution < -0.4 is 10.0 Å². The van der Waals surface area contributed by atoms with Crippen LogP contribution in [0.4, 0.5) is 5.69 Å². The average molecular weight is 481 g/mol. The molecule has 0 aliphatic carbocycles. The standard InChI is InChI=1S/C24H21ClN4O3S/c1-17-26-13-14-29(17)20-10-7-18(8-11-20)16-27-24(30)22-15-19(9-12-23(22)25)28-33(31,32)21-5-3-2-4-6-21/h2-15,28H,16H2,1H3,(H,27,30). The monoisotopic (exact) mass is 480 g/mol. The van der Waals surface area contributed by atoms with Gasteiger partial charge in [-0.1, -0.05) is 41.9 Å². The van der Waals surface area contributed by atoms with Crippen molar-refractivity contribution < 1.29 is 13.2 Å². The molecule has 3 aromatic carbocycles. The molecule has 0 spiro atoms. The molecule has 0 saturated heterocycles. The molecule has 0 atom stereocenters. The average Bonchev–Trinajstić information content (AvgIpc) is 3.25. The summed E-state index contributed by atoms with van der Waals surface area (Å²) in [5.41, 5.74) is 2.30. The lowest BCUT2D eigenvalue weighted by atomic mass is 10.1. The predicted molar refractivity (Wildman–Crippen MR) is 128 cm³/mol. The number of carbonyl (C=O) groups is 1. The van der Waals surface area contributed by atoms with Crippen LogP contribution in [0.15, 0.2) is 90.1 Å². The molecule has 33 heavy (non-hydrogen) atoms. The summed E-state index contributed by atoms with van der Waals surface area (Å²) < 4.78 is 29.6. The second-order valence-electron chi connectivity index (χ2n) is 7.31. The normalized spacial score (nSPS) is 11.2. The maximum absolute atomic E-state index is 12.7.